The van der Waals surface area contributed by atoms with Gasteiger partial charge in [0.05, 0.1) is 5.54 Å². The number of nitrogens with one attached hydrogen (secondary N) is 1. The van der Waals surface area contributed by atoms with Crippen LogP contribution in [-0.2, 0) is 5.54 Å². The molecule has 0 amide bonds. The summed E-state index contributed by atoms with van der Waals surface area (Å²) >= 11 is 0. The topological polar surface area (TPSA) is 76.7 Å². The van der Waals surface area contributed by atoms with Crippen LogP contribution < -0.4 is 5.32 Å². The average Bonchev–Trinajstić information content (AvgIpc) is 3.19. The first kappa shape index (κ1) is 16.4. The highest BCUT2D eigenvalue weighted by atomic mass is 19.3. The van der Waals surface area contributed by atoms with Gasteiger partial charge in [-0.1, -0.05) is 0 Å². The van der Waals surface area contributed by atoms with Gasteiger partial charge in [0.1, 0.15) is 17.3 Å². The normalized spacial score (nSPS) is 15.3. The van der Waals surface area contributed by atoms with Crippen LogP contribution in [0.4, 0.5) is 23.5 Å². The van der Waals surface area contributed by atoms with E-state index in [0.29, 0.717) is 18.4 Å². The highest BCUT2D eigenvalue weighted by molar-refractivity contribution is 5.50. The van der Waals surface area contributed by atoms with Crippen LogP contribution in [0.1, 0.15) is 30.7 Å². The maximum absolute atomic E-state index is 13.5. The van der Waals surface area contributed by atoms with Crippen LogP contribution in [0, 0.1) is 11.6 Å². The number of nitrogens with zero attached hydrogens (tertiary/aromatic N) is 4. The molecule has 6 nitrogen and oxygen atoms in total. The maximum atomic E-state index is 13.5. The zero-order valence-electron chi connectivity index (χ0n) is 13.1. The highest BCUT2D eigenvalue weighted by Gasteiger charge is 2.45. The second-order valence-electron chi connectivity index (χ2n) is 5.88. The molecule has 0 saturated heterocycles. The minimum Gasteiger partial charge on any atom is -0.414 e. The Morgan fingerprint density at radius 1 is 1.08 bits per heavy atom. The van der Waals surface area contributed by atoms with Gasteiger partial charge in [-0.3, -0.25) is 0 Å². The van der Waals surface area contributed by atoms with Crippen molar-refractivity contribution in [3.05, 3.63) is 53.6 Å². The lowest BCUT2D eigenvalue weighted by Gasteiger charge is -2.18. The molecule has 2 aromatic heterocycles. The molecule has 1 N–H and O–H groups in total. The zero-order valence-corrected chi connectivity index (χ0v) is 13.1. The molecule has 1 aromatic carbocycles. The molecule has 0 atom stereocenters. The first-order valence-corrected chi connectivity index (χ1v) is 7.65. The van der Waals surface area contributed by atoms with Crippen LogP contribution in [0.3, 0.4) is 0 Å². The molecule has 2 heterocycles. The van der Waals surface area contributed by atoms with Crippen LogP contribution >= 0.6 is 0 Å². The molecule has 1 fully saturated rings. The van der Waals surface area contributed by atoms with Crippen molar-refractivity contribution in [2.24, 2.45) is 0 Å². The van der Waals surface area contributed by atoms with E-state index in [1.54, 1.807) is 0 Å². The summed E-state index contributed by atoms with van der Waals surface area (Å²) in [6.07, 6.45) is -0.216. The van der Waals surface area contributed by atoms with E-state index in [9.17, 15) is 17.6 Å². The Hall–Kier alpha value is -3.04. The summed E-state index contributed by atoms with van der Waals surface area (Å²) in [7, 11) is 0. The van der Waals surface area contributed by atoms with Gasteiger partial charge in [0, 0.05) is 12.3 Å². The molecule has 26 heavy (non-hydrogen) atoms. The fraction of sp³-hybridized carbons (Fsp3) is 0.250. The van der Waals surface area contributed by atoms with Gasteiger partial charge in [0.2, 0.25) is 5.95 Å². The second kappa shape index (κ2) is 6.04. The van der Waals surface area contributed by atoms with Gasteiger partial charge in [-0.15, -0.1) is 10.2 Å². The smallest absolute Gasteiger partial charge is 0.314 e. The van der Waals surface area contributed by atoms with Crippen molar-refractivity contribution >= 4 is 5.95 Å². The third kappa shape index (κ3) is 3.09. The predicted octanol–water partition coefficient (Wildman–Crippen LogP) is 3.84. The Balaban J connectivity index is 1.61. The quantitative estimate of drug-likeness (QED) is 0.692. The number of aromatic nitrogens is 4. The molecule has 1 aliphatic rings. The fourth-order valence-electron chi connectivity index (χ4n) is 2.62. The first-order valence-electron chi connectivity index (χ1n) is 7.65. The highest BCUT2D eigenvalue weighted by Crippen LogP contribution is 2.48. The summed E-state index contributed by atoms with van der Waals surface area (Å²) in [6.45, 7) is 0. The molecule has 0 unspecified atom stereocenters. The third-order valence-electron chi connectivity index (χ3n) is 4.02. The van der Waals surface area contributed by atoms with Gasteiger partial charge in [-0.05, 0) is 36.6 Å². The predicted molar refractivity (Wildman–Crippen MR) is 81.2 cm³/mol. The zero-order chi connectivity index (χ0) is 18.3. The third-order valence-corrected chi connectivity index (χ3v) is 4.02. The van der Waals surface area contributed by atoms with Crippen molar-refractivity contribution in [2.45, 2.75) is 24.8 Å². The molecule has 134 valence electrons. The monoisotopic (exact) mass is 365 g/mol. The van der Waals surface area contributed by atoms with Crippen molar-refractivity contribution in [3.8, 4) is 11.6 Å². The maximum Gasteiger partial charge on any atom is 0.314 e. The molecule has 3 aromatic rings. The van der Waals surface area contributed by atoms with Crippen molar-refractivity contribution in [1.29, 1.82) is 0 Å². The van der Waals surface area contributed by atoms with Crippen LogP contribution in [-0.4, -0.2) is 20.2 Å². The molecule has 0 spiro atoms. The fourth-order valence-corrected chi connectivity index (χ4v) is 2.62. The van der Waals surface area contributed by atoms with E-state index in [2.05, 4.69) is 25.5 Å². The molecule has 10 heteroatoms. The number of hydrogen-bond donors (Lipinski definition) is 1. The summed E-state index contributed by atoms with van der Waals surface area (Å²) in [4.78, 5) is 8.21. The first-order chi connectivity index (χ1) is 12.4. The Morgan fingerprint density at radius 2 is 1.81 bits per heavy atom. The van der Waals surface area contributed by atoms with Crippen LogP contribution in [0.2, 0.25) is 0 Å². The van der Waals surface area contributed by atoms with E-state index in [1.165, 1.54) is 24.4 Å². The van der Waals surface area contributed by atoms with E-state index >= 15 is 0 Å². The summed E-state index contributed by atoms with van der Waals surface area (Å²) < 4.78 is 57.0. The van der Waals surface area contributed by atoms with E-state index < -0.39 is 29.5 Å². The lowest BCUT2D eigenvalue weighted by Crippen LogP contribution is -2.21. The second-order valence-corrected chi connectivity index (χ2v) is 5.88. The van der Waals surface area contributed by atoms with Crippen molar-refractivity contribution < 1.29 is 22.0 Å². The summed E-state index contributed by atoms with van der Waals surface area (Å²) in [6, 6.07) is 4.72. The van der Waals surface area contributed by atoms with E-state index in [1.807, 2.05) is 0 Å². The molecule has 0 aliphatic heterocycles. The largest absolute Gasteiger partial charge is 0.414 e. The lowest BCUT2D eigenvalue weighted by molar-refractivity contribution is 0.116. The van der Waals surface area contributed by atoms with Crippen LogP contribution in [0.5, 0.6) is 0 Å². The summed E-state index contributed by atoms with van der Waals surface area (Å²) in [5.41, 5.74) is -0.0743. The van der Waals surface area contributed by atoms with Gasteiger partial charge in [0.15, 0.2) is 0 Å². The molecule has 1 saturated carbocycles. The molecular weight excluding hydrogens is 354 g/mol. The number of alkyl halides is 2. The summed E-state index contributed by atoms with van der Waals surface area (Å²) in [5, 5.41) is 9.82. The van der Waals surface area contributed by atoms with Gasteiger partial charge in [0.25, 0.3) is 11.8 Å². The number of halogens is 4. The minimum atomic E-state index is -2.88. The average molecular weight is 365 g/mol. The van der Waals surface area contributed by atoms with Gasteiger partial charge < -0.3 is 9.73 Å². The van der Waals surface area contributed by atoms with Crippen molar-refractivity contribution in [1.82, 2.24) is 20.2 Å². The van der Waals surface area contributed by atoms with Gasteiger partial charge in [-0.25, -0.2) is 18.7 Å². The number of benzene rings is 1. The lowest BCUT2D eigenvalue weighted by atomic mass is 10.0. The number of hydrogen-bond acceptors (Lipinski definition) is 6. The molecule has 1 aliphatic carbocycles. The van der Waals surface area contributed by atoms with Gasteiger partial charge >= 0.3 is 6.43 Å². The minimum absolute atomic E-state index is 0.154. The Kier molecular flexibility index (Phi) is 3.82. The molecule has 0 bridgehead atoms. The van der Waals surface area contributed by atoms with E-state index in [0.717, 1.165) is 6.07 Å². The molecule has 4 rings (SSSR count). The Labute approximate surface area is 144 Å². The molecular formula is C16H11F4N5O. The Bertz CT molecular complexity index is 937. The van der Waals surface area contributed by atoms with Gasteiger partial charge in [-0.2, -0.15) is 8.78 Å². The van der Waals surface area contributed by atoms with Crippen molar-refractivity contribution in [3.63, 3.8) is 0 Å². The van der Waals surface area contributed by atoms with Crippen molar-refractivity contribution in [2.75, 3.05) is 5.32 Å². The van der Waals surface area contributed by atoms with E-state index in [-0.39, 0.29) is 17.5 Å². The molecule has 0 radical (unpaired) electrons. The summed E-state index contributed by atoms with van der Waals surface area (Å²) in [5.74, 6) is -2.17. The van der Waals surface area contributed by atoms with E-state index in [4.69, 9.17) is 4.42 Å². The SMILES string of the molecule is Fc1cc(F)cc(C2(Nc3nccc(-c4nnc(C(F)F)o4)n3)CC2)c1. The standard InChI is InChI=1S/C16H11F4N5O/c17-9-5-8(6-10(18)7-9)16(2-3-16)23-15-21-4-1-11(22-15)13-24-25-14(26-13)12(19)20/h1,4-7,12H,2-3H2,(H,21,22,23). The Morgan fingerprint density at radius 3 is 2.42 bits per heavy atom. The van der Waals surface area contributed by atoms with Crippen LogP contribution in [0.15, 0.2) is 34.9 Å². The number of anilines is 1. The van der Waals surface area contributed by atoms with Crippen LogP contribution in [0.25, 0.3) is 11.6 Å². The number of rotatable bonds is 5.